The van der Waals surface area contributed by atoms with E-state index in [4.69, 9.17) is 0 Å². The van der Waals surface area contributed by atoms with Gasteiger partial charge in [0.2, 0.25) is 0 Å². The van der Waals surface area contributed by atoms with Crippen LogP contribution in [0.5, 0.6) is 0 Å². The molecule has 0 aliphatic rings. The molecular weight excluding hydrogens is 144 g/mol. The Hall–Kier alpha value is 0.270. The molecule has 2 nitrogen and oxygen atoms in total. The average Bonchev–Trinajstić information content (AvgIpc) is 1.79. The van der Waals surface area contributed by atoms with E-state index in [1.54, 1.807) is 0 Å². The van der Waals surface area contributed by atoms with Gasteiger partial charge in [-0.3, -0.25) is 10.4 Å². The van der Waals surface area contributed by atoms with Crippen LogP contribution in [-0.2, 0) is 0 Å². The topological polar surface area (TPSA) is 15.3 Å². The van der Waals surface area contributed by atoms with Crippen molar-refractivity contribution < 1.29 is 0 Å². The molecule has 0 bridgehead atoms. The minimum Gasteiger partial charge on any atom is -0.255 e. The van der Waals surface area contributed by atoms with E-state index in [9.17, 15) is 0 Å². The van der Waals surface area contributed by atoms with Gasteiger partial charge in [0.25, 0.3) is 0 Å². The molecule has 0 radical (unpaired) electrons. The Morgan fingerprint density at radius 3 is 2.40 bits per heavy atom. The summed E-state index contributed by atoms with van der Waals surface area (Å²) < 4.78 is 0. The molecule has 1 N–H and O–H groups in total. The van der Waals surface area contributed by atoms with Crippen LogP contribution in [0.4, 0.5) is 0 Å². The number of hydrogen-bond acceptors (Lipinski definition) is 3. The summed E-state index contributed by atoms with van der Waals surface area (Å²) in [6.07, 6.45) is 0. The van der Waals surface area contributed by atoms with Crippen molar-refractivity contribution in [3.63, 3.8) is 0 Å². The molecule has 0 rings (SSSR count). The first-order chi connectivity index (χ1) is 4.63. The number of nitrogens with one attached hydrogen (secondary N) is 1. The fourth-order valence-corrected chi connectivity index (χ4v) is 1.24. The lowest BCUT2D eigenvalue weighted by molar-refractivity contribution is 0.300. The van der Waals surface area contributed by atoms with Crippen molar-refractivity contribution in [2.24, 2.45) is 0 Å². The van der Waals surface area contributed by atoms with Crippen molar-refractivity contribution in [1.29, 1.82) is 0 Å². The lowest BCUT2D eigenvalue weighted by Gasteiger charge is -2.11. The van der Waals surface area contributed by atoms with Gasteiger partial charge in [-0.1, -0.05) is 13.8 Å². The smallest absolute Gasteiger partial charge is 0.0193 e. The van der Waals surface area contributed by atoms with Gasteiger partial charge in [0, 0.05) is 26.4 Å². The van der Waals surface area contributed by atoms with Crippen molar-refractivity contribution in [2.75, 3.05) is 26.4 Å². The molecule has 3 heteroatoms. The molecule has 0 saturated heterocycles. The van der Waals surface area contributed by atoms with Gasteiger partial charge >= 0.3 is 0 Å². The molecule has 62 valence electrons. The van der Waals surface area contributed by atoms with Gasteiger partial charge in [0.1, 0.15) is 0 Å². The maximum absolute atomic E-state index is 3.21. The quantitative estimate of drug-likeness (QED) is 0.483. The highest BCUT2D eigenvalue weighted by Gasteiger charge is 1.93. The predicted molar refractivity (Wildman–Crippen MR) is 49.3 cm³/mol. The van der Waals surface area contributed by atoms with Crippen molar-refractivity contribution in [2.45, 2.75) is 19.1 Å². The second kappa shape index (κ2) is 6.01. The maximum atomic E-state index is 3.21. The molecule has 0 aromatic rings. The molecule has 0 aliphatic carbocycles. The second-order valence-corrected chi connectivity index (χ2v) is 4.41. The third-order valence-electron chi connectivity index (χ3n) is 0.981. The van der Waals surface area contributed by atoms with E-state index < -0.39 is 0 Å². The number of nitrogens with zero attached hydrogens (tertiary/aromatic N) is 1. The monoisotopic (exact) mass is 162 g/mol. The van der Waals surface area contributed by atoms with Crippen LogP contribution in [0, 0.1) is 0 Å². The number of hydrogen-bond donors (Lipinski definition) is 1. The van der Waals surface area contributed by atoms with E-state index in [0.717, 1.165) is 11.8 Å². The third kappa shape index (κ3) is 8.27. The van der Waals surface area contributed by atoms with Crippen LogP contribution in [0.1, 0.15) is 13.8 Å². The molecule has 0 spiro atoms. The first kappa shape index (κ1) is 10.3. The van der Waals surface area contributed by atoms with E-state index in [1.165, 1.54) is 5.75 Å². The highest BCUT2D eigenvalue weighted by Crippen LogP contribution is 2.06. The summed E-state index contributed by atoms with van der Waals surface area (Å²) in [6, 6.07) is 0. The number of hydrazine groups is 1. The Labute approximate surface area is 68.3 Å². The Morgan fingerprint density at radius 2 is 2.00 bits per heavy atom. The molecule has 0 aromatic carbocycles. The number of rotatable bonds is 5. The summed E-state index contributed by atoms with van der Waals surface area (Å²) in [5.74, 6) is 1.19. The van der Waals surface area contributed by atoms with Crippen LogP contribution in [-0.4, -0.2) is 36.7 Å². The lowest BCUT2D eigenvalue weighted by atomic mass is 10.6. The SMILES string of the molecule is CC(C)SCCNN(C)C. The molecule has 0 aromatic heterocycles. The van der Waals surface area contributed by atoms with Crippen LogP contribution in [0.2, 0.25) is 0 Å². The summed E-state index contributed by atoms with van der Waals surface area (Å²) >= 11 is 1.98. The summed E-state index contributed by atoms with van der Waals surface area (Å²) in [7, 11) is 4.03. The molecule has 0 unspecified atom stereocenters. The van der Waals surface area contributed by atoms with Crippen molar-refractivity contribution in [3.8, 4) is 0 Å². The number of thioether (sulfide) groups is 1. The molecule has 0 atom stereocenters. The second-order valence-electron chi connectivity index (χ2n) is 2.72. The Balaban J connectivity index is 2.91. The fraction of sp³-hybridized carbons (Fsp3) is 1.00. The molecule has 0 heterocycles. The van der Waals surface area contributed by atoms with E-state index in [0.29, 0.717) is 0 Å². The van der Waals surface area contributed by atoms with Crippen LogP contribution in [0.15, 0.2) is 0 Å². The molecule has 0 saturated carbocycles. The predicted octanol–water partition coefficient (Wildman–Crippen LogP) is 1.19. The first-order valence-corrected chi connectivity index (χ1v) is 4.70. The minimum atomic E-state index is 0.754. The standard InChI is InChI=1S/C7H18N2S/c1-7(2)10-6-5-8-9(3)4/h7-8H,5-6H2,1-4H3. The summed E-state index contributed by atoms with van der Waals surface area (Å²) in [6.45, 7) is 5.51. The summed E-state index contributed by atoms with van der Waals surface area (Å²) in [4.78, 5) is 0. The zero-order chi connectivity index (χ0) is 7.98. The highest BCUT2D eigenvalue weighted by molar-refractivity contribution is 7.99. The van der Waals surface area contributed by atoms with Crippen LogP contribution in [0.25, 0.3) is 0 Å². The van der Waals surface area contributed by atoms with Gasteiger partial charge in [-0.15, -0.1) is 0 Å². The largest absolute Gasteiger partial charge is 0.255 e. The third-order valence-corrected chi connectivity index (χ3v) is 2.09. The Kier molecular flexibility index (Phi) is 6.17. The minimum absolute atomic E-state index is 0.754. The van der Waals surface area contributed by atoms with Crippen LogP contribution >= 0.6 is 11.8 Å². The van der Waals surface area contributed by atoms with E-state index in [2.05, 4.69) is 19.3 Å². The lowest BCUT2D eigenvalue weighted by Crippen LogP contribution is -2.32. The molecular formula is C7H18N2S. The van der Waals surface area contributed by atoms with Gasteiger partial charge in [-0.05, 0) is 5.25 Å². The first-order valence-electron chi connectivity index (χ1n) is 3.65. The van der Waals surface area contributed by atoms with Gasteiger partial charge in [0.05, 0.1) is 0 Å². The molecule has 0 amide bonds. The van der Waals surface area contributed by atoms with Gasteiger partial charge in [-0.2, -0.15) is 11.8 Å². The van der Waals surface area contributed by atoms with Crippen molar-refractivity contribution in [1.82, 2.24) is 10.4 Å². The highest BCUT2D eigenvalue weighted by atomic mass is 32.2. The Morgan fingerprint density at radius 1 is 1.40 bits per heavy atom. The van der Waals surface area contributed by atoms with Crippen molar-refractivity contribution >= 4 is 11.8 Å². The van der Waals surface area contributed by atoms with Crippen LogP contribution < -0.4 is 5.43 Å². The average molecular weight is 162 g/mol. The summed E-state index contributed by atoms with van der Waals surface area (Å²) in [5.41, 5.74) is 3.21. The molecule has 10 heavy (non-hydrogen) atoms. The van der Waals surface area contributed by atoms with Gasteiger partial charge in [0.15, 0.2) is 0 Å². The zero-order valence-electron chi connectivity index (χ0n) is 7.35. The van der Waals surface area contributed by atoms with Crippen LogP contribution in [0.3, 0.4) is 0 Å². The van der Waals surface area contributed by atoms with Gasteiger partial charge in [-0.25, -0.2) is 0 Å². The maximum Gasteiger partial charge on any atom is 0.0193 e. The van der Waals surface area contributed by atoms with Crippen molar-refractivity contribution in [3.05, 3.63) is 0 Å². The fourth-order valence-electron chi connectivity index (χ4n) is 0.564. The summed E-state index contributed by atoms with van der Waals surface area (Å²) in [5, 5.41) is 2.74. The molecule has 0 aliphatic heterocycles. The van der Waals surface area contributed by atoms with Gasteiger partial charge < -0.3 is 0 Å². The Bertz CT molecular complexity index is 64.0. The normalized spacial score (nSPS) is 11.4. The zero-order valence-corrected chi connectivity index (χ0v) is 8.16. The van der Waals surface area contributed by atoms with E-state index in [1.807, 2.05) is 30.9 Å². The molecule has 0 fully saturated rings. The van der Waals surface area contributed by atoms with E-state index >= 15 is 0 Å². The van der Waals surface area contributed by atoms with E-state index in [-0.39, 0.29) is 0 Å².